The maximum Gasteiger partial charge on any atom is 0.281 e. The minimum absolute atomic E-state index is 0.0310. The summed E-state index contributed by atoms with van der Waals surface area (Å²) in [7, 11) is 0. The number of aryl methyl sites for hydroxylation is 1. The third kappa shape index (κ3) is 2.63. The first-order chi connectivity index (χ1) is 7.69. The number of halogens is 1. The van der Waals surface area contributed by atoms with Gasteiger partial charge >= 0.3 is 0 Å². The molecule has 6 heteroatoms. The van der Waals surface area contributed by atoms with Gasteiger partial charge in [-0.25, -0.2) is 0 Å². The molecule has 0 aliphatic carbocycles. The fourth-order valence-corrected chi connectivity index (χ4v) is 2.53. The number of hydrogen-bond acceptors (Lipinski definition) is 5. The van der Waals surface area contributed by atoms with Gasteiger partial charge in [-0.1, -0.05) is 6.07 Å². The van der Waals surface area contributed by atoms with Crippen molar-refractivity contribution in [3.8, 4) is 0 Å². The predicted octanol–water partition coefficient (Wildman–Crippen LogP) is 2.78. The van der Waals surface area contributed by atoms with Crippen LogP contribution in [-0.4, -0.2) is 15.3 Å². The minimum atomic E-state index is 0.0310. The molecule has 4 nitrogen and oxygen atoms in total. The maximum atomic E-state index is 8.98. The van der Waals surface area contributed by atoms with E-state index in [1.807, 2.05) is 18.2 Å². The van der Waals surface area contributed by atoms with Crippen LogP contribution >= 0.6 is 27.7 Å². The normalized spacial score (nSPS) is 10.7. The zero-order valence-corrected chi connectivity index (χ0v) is 10.9. The monoisotopic (exact) mass is 300 g/mol. The Hall–Kier alpha value is -0.850. The zero-order valence-electron chi connectivity index (χ0n) is 8.48. The summed E-state index contributed by atoms with van der Waals surface area (Å²) in [5, 5.41) is 17.1. The van der Waals surface area contributed by atoms with Crippen LogP contribution in [0.2, 0.25) is 0 Å². The van der Waals surface area contributed by atoms with Gasteiger partial charge in [-0.15, -0.1) is 10.2 Å². The van der Waals surface area contributed by atoms with Gasteiger partial charge in [0.15, 0.2) is 0 Å². The number of aromatic nitrogens is 2. The summed E-state index contributed by atoms with van der Waals surface area (Å²) in [6.45, 7) is 1.78. The summed E-state index contributed by atoms with van der Waals surface area (Å²) in [4.78, 5) is 0.973. The second-order valence-corrected chi connectivity index (χ2v) is 4.96. The van der Waals surface area contributed by atoms with Crippen LogP contribution < -0.4 is 0 Å². The van der Waals surface area contributed by atoms with Crippen molar-refractivity contribution in [2.75, 3.05) is 0 Å². The molecular weight excluding hydrogens is 292 g/mol. The smallest absolute Gasteiger partial charge is 0.281 e. The van der Waals surface area contributed by atoms with Gasteiger partial charge in [0, 0.05) is 16.3 Å². The van der Waals surface area contributed by atoms with Crippen molar-refractivity contribution in [3.05, 3.63) is 34.1 Å². The Morgan fingerprint density at radius 1 is 1.44 bits per heavy atom. The van der Waals surface area contributed by atoms with E-state index in [2.05, 4.69) is 26.1 Å². The molecule has 0 fully saturated rings. The van der Waals surface area contributed by atoms with Crippen LogP contribution in [0.25, 0.3) is 0 Å². The lowest BCUT2D eigenvalue weighted by Gasteiger charge is -2.02. The van der Waals surface area contributed by atoms with Crippen molar-refractivity contribution in [3.63, 3.8) is 0 Å². The van der Waals surface area contributed by atoms with Gasteiger partial charge in [-0.2, -0.15) is 0 Å². The van der Waals surface area contributed by atoms with Gasteiger partial charge < -0.3 is 9.52 Å². The van der Waals surface area contributed by atoms with E-state index in [0.29, 0.717) is 11.1 Å². The van der Waals surface area contributed by atoms with Crippen molar-refractivity contribution in [2.24, 2.45) is 0 Å². The second kappa shape index (κ2) is 4.99. The number of benzene rings is 1. The molecule has 2 rings (SSSR count). The Morgan fingerprint density at radius 3 is 2.81 bits per heavy atom. The molecule has 1 aromatic heterocycles. The lowest BCUT2D eigenvalue weighted by atomic mass is 10.2. The summed E-state index contributed by atoms with van der Waals surface area (Å²) < 4.78 is 6.17. The number of aliphatic hydroxyl groups excluding tert-OH is 1. The Labute approximate surface area is 105 Å². The second-order valence-electron chi connectivity index (χ2n) is 3.11. The van der Waals surface area contributed by atoms with Gasteiger partial charge in [-0.3, -0.25) is 0 Å². The molecule has 1 aromatic carbocycles. The highest BCUT2D eigenvalue weighted by Gasteiger charge is 2.08. The van der Waals surface area contributed by atoms with E-state index in [4.69, 9.17) is 9.52 Å². The fourth-order valence-electron chi connectivity index (χ4n) is 1.14. The first-order valence-corrected chi connectivity index (χ1v) is 6.17. The Morgan fingerprint density at radius 2 is 2.25 bits per heavy atom. The predicted molar refractivity (Wildman–Crippen MR) is 63.2 cm³/mol. The molecule has 0 bridgehead atoms. The SMILES string of the molecule is Cc1nnc(Sc2ccc(CO)cc2Br)o1. The van der Waals surface area contributed by atoms with Gasteiger partial charge in [0.1, 0.15) is 0 Å². The Bertz CT molecular complexity index is 501. The van der Waals surface area contributed by atoms with E-state index < -0.39 is 0 Å². The fraction of sp³-hybridized carbons (Fsp3) is 0.200. The van der Waals surface area contributed by atoms with Crippen LogP contribution in [0.5, 0.6) is 0 Å². The number of aliphatic hydroxyl groups is 1. The molecule has 84 valence electrons. The summed E-state index contributed by atoms with van der Waals surface area (Å²) >= 11 is 4.82. The standard InChI is InChI=1S/C10H9BrN2O2S/c1-6-12-13-10(15-6)16-9-3-2-7(5-14)4-8(9)11/h2-4,14H,5H2,1H3. The van der Waals surface area contributed by atoms with E-state index in [-0.39, 0.29) is 6.61 Å². The third-order valence-corrected chi connectivity index (χ3v) is 3.72. The zero-order chi connectivity index (χ0) is 11.5. The summed E-state index contributed by atoms with van der Waals surface area (Å²) in [5.41, 5.74) is 0.859. The van der Waals surface area contributed by atoms with Gasteiger partial charge in [-0.05, 0) is 45.4 Å². The van der Waals surface area contributed by atoms with E-state index >= 15 is 0 Å². The van der Waals surface area contributed by atoms with Crippen LogP contribution in [0.4, 0.5) is 0 Å². The molecule has 16 heavy (non-hydrogen) atoms. The lowest BCUT2D eigenvalue weighted by molar-refractivity contribution is 0.281. The summed E-state index contributed by atoms with van der Waals surface area (Å²) in [5.74, 6) is 0.547. The van der Waals surface area contributed by atoms with Crippen molar-refractivity contribution in [2.45, 2.75) is 23.6 Å². The van der Waals surface area contributed by atoms with Crippen LogP contribution in [0.3, 0.4) is 0 Å². The van der Waals surface area contributed by atoms with E-state index in [1.54, 1.807) is 6.92 Å². The molecule has 0 spiro atoms. The molecule has 0 unspecified atom stereocenters. The van der Waals surface area contributed by atoms with Crippen molar-refractivity contribution in [1.82, 2.24) is 10.2 Å². The molecular formula is C10H9BrN2O2S. The van der Waals surface area contributed by atoms with Crippen LogP contribution in [0.15, 0.2) is 37.2 Å². The largest absolute Gasteiger partial charge is 0.416 e. The highest BCUT2D eigenvalue weighted by Crippen LogP contribution is 2.33. The highest BCUT2D eigenvalue weighted by atomic mass is 79.9. The summed E-state index contributed by atoms with van der Waals surface area (Å²) in [6.07, 6.45) is 0. The first-order valence-electron chi connectivity index (χ1n) is 4.56. The van der Waals surface area contributed by atoms with Crippen LogP contribution in [0.1, 0.15) is 11.5 Å². The average molecular weight is 301 g/mol. The Kier molecular flexibility index (Phi) is 3.63. The number of rotatable bonds is 3. The van der Waals surface area contributed by atoms with Gasteiger partial charge in [0.2, 0.25) is 5.89 Å². The number of hydrogen-bond donors (Lipinski definition) is 1. The molecule has 0 aliphatic rings. The molecule has 1 heterocycles. The molecule has 0 atom stereocenters. The van der Waals surface area contributed by atoms with Gasteiger partial charge in [0.05, 0.1) is 6.61 Å². The van der Waals surface area contributed by atoms with Crippen molar-refractivity contribution in [1.29, 1.82) is 0 Å². The summed E-state index contributed by atoms with van der Waals surface area (Å²) in [6, 6.07) is 5.63. The molecule has 1 N–H and O–H groups in total. The molecule has 0 saturated carbocycles. The third-order valence-electron chi connectivity index (χ3n) is 1.88. The Balaban J connectivity index is 2.21. The molecule has 0 saturated heterocycles. The topological polar surface area (TPSA) is 59.2 Å². The van der Waals surface area contributed by atoms with E-state index in [0.717, 1.165) is 14.9 Å². The molecule has 0 radical (unpaired) electrons. The van der Waals surface area contributed by atoms with E-state index in [1.165, 1.54) is 11.8 Å². The van der Waals surface area contributed by atoms with Crippen molar-refractivity contribution < 1.29 is 9.52 Å². The average Bonchev–Trinajstić information content (AvgIpc) is 2.67. The first kappa shape index (κ1) is 11.6. The van der Waals surface area contributed by atoms with E-state index in [9.17, 15) is 0 Å². The highest BCUT2D eigenvalue weighted by molar-refractivity contribution is 9.10. The minimum Gasteiger partial charge on any atom is -0.416 e. The van der Waals surface area contributed by atoms with Crippen molar-refractivity contribution >= 4 is 27.7 Å². The lowest BCUT2D eigenvalue weighted by Crippen LogP contribution is -1.84. The quantitative estimate of drug-likeness (QED) is 0.944. The molecule has 0 amide bonds. The number of nitrogens with zero attached hydrogens (tertiary/aromatic N) is 2. The van der Waals surface area contributed by atoms with Crippen LogP contribution in [-0.2, 0) is 6.61 Å². The molecule has 0 aliphatic heterocycles. The molecule has 2 aromatic rings. The van der Waals surface area contributed by atoms with Crippen LogP contribution in [0, 0.1) is 6.92 Å². The van der Waals surface area contributed by atoms with Gasteiger partial charge in [0.25, 0.3) is 5.22 Å². The maximum absolute atomic E-state index is 8.98.